The summed E-state index contributed by atoms with van der Waals surface area (Å²) < 4.78 is 2.08. The van der Waals surface area contributed by atoms with Crippen LogP contribution in [0.3, 0.4) is 0 Å². The van der Waals surface area contributed by atoms with E-state index in [0.29, 0.717) is 0 Å². The molecule has 0 saturated carbocycles. The SMILES string of the molecule is NC(=O)C1C=CN(N)c2sc3cc(Br)ccc3c21. The first kappa shape index (κ1) is 11.7. The smallest absolute Gasteiger partial charge is 0.229 e. The number of carbonyl (C=O) groups excluding carboxylic acids is 1. The highest BCUT2D eigenvalue weighted by molar-refractivity contribution is 9.10. The second kappa shape index (κ2) is 4.08. The Morgan fingerprint density at radius 3 is 2.94 bits per heavy atom. The van der Waals surface area contributed by atoms with Gasteiger partial charge < -0.3 is 5.73 Å². The third-order valence-electron chi connectivity index (χ3n) is 2.96. The van der Waals surface area contributed by atoms with Gasteiger partial charge in [0.1, 0.15) is 5.00 Å². The molecule has 4 nitrogen and oxygen atoms in total. The zero-order chi connectivity index (χ0) is 12.9. The lowest BCUT2D eigenvalue weighted by molar-refractivity contribution is -0.118. The summed E-state index contributed by atoms with van der Waals surface area (Å²) in [4.78, 5) is 11.5. The molecule has 1 aromatic heterocycles. The lowest BCUT2D eigenvalue weighted by atomic mass is 9.95. The molecule has 6 heteroatoms. The molecule has 3 rings (SSSR count). The predicted octanol–water partition coefficient (Wildman–Crippen LogP) is 2.44. The van der Waals surface area contributed by atoms with Gasteiger partial charge in [0.2, 0.25) is 5.91 Å². The van der Waals surface area contributed by atoms with Crippen LogP contribution in [0.15, 0.2) is 34.9 Å². The molecule has 1 aliphatic heterocycles. The minimum atomic E-state index is -0.408. The molecular formula is C12H10BrN3OS. The van der Waals surface area contributed by atoms with Crippen LogP contribution in [-0.4, -0.2) is 5.91 Å². The minimum absolute atomic E-state index is 0.358. The number of fused-ring (bicyclic) bond motifs is 3. The number of thiophene rings is 1. The minimum Gasteiger partial charge on any atom is -0.369 e. The Labute approximate surface area is 116 Å². The van der Waals surface area contributed by atoms with Gasteiger partial charge in [-0.3, -0.25) is 9.80 Å². The van der Waals surface area contributed by atoms with Gasteiger partial charge in [-0.25, -0.2) is 5.84 Å². The van der Waals surface area contributed by atoms with E-state index in [4.69, 9.17) is 11.6 Å². The van der Waals surface area contributed by atoms with Crippen molar-refractivity contribution in [3.8, 4) is 0 Å². The summed E-state index contributed by atoms with van der Waals surface area (Å²) >= 11 is 4.99. The molecule has 0 saturated heterocycles. The van der Waals surface area contributed by atoms with Crippen LogP contribution >= 0.6 is 27.3 Å². The maximum atomic E-state index is 11.5. The van der Waals surface area contributed by atoms with Crippen molar-refractivity contribution in [2.75, 3.05) is 5.01 Å². The molecule has 92 valence electrons. The van der Waals surface area contributed by atoms with Crippen LogP contribution in [-0.2, 0) is 4.79 Å². The van der Waals surface area contributed by atoms with Gasteiger partial charge in [0.15, 0.2) is 0 Å². The molecule has 0 aliphatic carbocycles. The van der Waals surface area contributed by atoms with Crippen LogP contribution in [0.2, 0.25) is 0 Å². The van der Waals surface area contributed by atoms with Crippen LogP contribution in [0, 0.1) is 0 Å². The topological polar surface area (TPSA) is 72.4 Å². The summed E-state index contributed by atoms with van der Waals surface area (Å²) in [7, 11) is 0. The van der Waals surface area contributed by atoms with Crippen molar-refractivity contribution in [3.63, 3.8) is 0 Å². The summed E-state index contributed by atoms with van der Waals surface area (Å²) in [5, 5.41) is 3.43. The van der Waals surface area contributed by atoms with Gasteiger partial charge in [-0.1, -0.05) is 22.0 Å². The van der Waals surface area contributed by atoms with Crippen LogP contribution < -0.4 is 16.6 Å². The van der Waals surface area contributed by atoms with E-state index in [1.54, 1.807) is 23.6 Å². The first-order chi connectivity index (χ1) is 8.58. The van der Waals surface area contributed by atoms with Gasteiger partial charge >= 0.3 is 0 Å². The number of nitrogens with two attached hydrogens (primary N) is 2. The number of hydrogen-bond acceptors (Lipinski definition) is 4. The Balaban J connectivity index is 2.32. The number of anilines is 1. The van der Waals surface area contributed by atoms with Crippen molar-refractivity contribution in [1.82, 2.24) is 0 Å². The molecule has 1 aromatic carbocycles. The molecule has 1 unspecified atom stereocenters. The molecule has 0 radical (unpaired) electrons. The van der Waals surface area contributed by atoms with E-state index in [-0.39, 0.29) is 5.91 Å². The van der Waals surface area contributed by atoms with Gasteiger partial charge in [-0.05, 0) is 23.6 Å². The summed E-state index contributed by atoms with van der Waals surface area (Å²) in [6.45, 7) is 0. The lowest BCUT2D eigenvalue weighted by Crippen LogP contribution is -2.30. The van der Waals surface area contributed by atoms with E-state index >= 15 is 0 Å². The zero-order valence-electron chi connectivity index (χ0n) is 9.26. The lowest BCUT2D eigenvalue weighted by Gasteiger charge is -2.22. The highest BCUT2D eigenvalue weighted by Crippen LogP contribution is 2.44. The average molecular weight is 324 g/mol. The molecule has 18 heavy (non-hydrogen) atoms. The largest absolute Gasteiger partial charge is 0.369 e. The fourth-order valence-electron chi connectivity index (χ4n) is 2.15. The van der Waals surface area contributed by atoms with Gasteiger partial charge in [-0.2, -0.15) is 0 Å². The summed E-state index contributed by atoms with van der Waals surface area (Å²) in [5.74, 6) is 5.14. The fraction of sp³-hybridized carbons (Fsp3) is 0.0833. The molecule has 2 heterocycles. The number of nitrogens with zero attached hydrogens (tertiary/aromatic N) is 1. The fourth-order valence-corrected chi connectivity index (χ4v) is 3.86. The molecule has 1 aliphatic rings. The van der Waals surface area contributed by atoms with Crippen LogP contribution in [0.4, 0.5) is 5.00 Å². The number of halogens is 1. The second-order valence-corrected chi connectivity index (χ2v) is 6.04. The van der Waals surface area contributed by atoms with Crippen molar-refractivity contribution in [2.24, 2.45) is 11.6 Å². The van der Waals surface area contributed by atoms with Gasteiger partial charge in [0.05, 0.1) is 5.92 Å². The van der Waals surface area contributed by atoms with Crippen LogP contribution in [0.1, 0.15) is 11.5 Å². The van der Waals surface area contributed by atoms with E-state index in [0.717, 1.165) is 25.1 Å². The number of amides is 1. The molecule has 0 fully saturated rings. The highest BCUT2D eigenvalue weighted by Gasteiger charge is 2.28. The number of carbonyl (C=O) groups is 1. The van der Waals surface area contributed by atoms with Crippen molar-refractivity contribution >= 4 is 48.3 Å². The maximum absolute atomic E-state index is 11.5. The van der Waals surface area contributed by atoms with E-state index in [1.807, 2.05) is 18.2 Å². The first-order valence-corrected chi connectivity index (χ1v) is 6.92. The summed E-state index contributed by atoms with van der Waals surface area (Å²) in [6.07, 6.45) is 3.42. The standard InChI is InChI=1S/C12H10BrN3OS/c13-6-1-2-7-9(5-6)18-12-10(7)8(11(14)17)3-4-16(12)15/h1-5,8H,15H2,(H2,14,17). The van der Waals surface area contributed by atoms with Crippen molar-refractivity contribution in [2.45, 2.75) is 5.92 Å². The van der Waals surface area contributed by atoms with Crippen molar-refractivity contribution < 1.29 is 4.79 Å². The van der Waals surface area contributed by atoms with Gasteiger partial charge in [-0.15, -0.1) is 11.3 Å². The zero-order valence-corrected chi connectivity index (χ0v) is 11.7. The molecule has 0 bridgehead atoms. The average Bonchev–Trinajstić information content (AvgIpc) is 2.68. The number of primary amides is 1. The Morgan fingerprint density at radius 2 is 2.22 bits per heavy atom. The third kappa shape index (κ3) is 1.65. The van der Waals surface area contributed by atoms with E-state index < -0.39 is 5.92 Å². The third-order valence-corrected chi connectivity index (χ3v) is 4.64. The van der Waals surface area contributed by atoms with Crippen molar-refractivity contribution in [1.29, 1.82) is 0 Å². The monoisotopic (exact) mass is 323 g/mol. The van der Waals surface area contributed by atoms with Gasteiger partial charge in [0, 0.05) is 20.9 Å². The summed E-state index contributed by atoms with van der Waals surface area (Å²) in [6, 6.07) is 5.95. The normalized spacial score (nSPS) is 18.1. The highest BCUT2D eigenvalue weighted by atomic mass is 79.9. The number of rotatable bonds is 1. The molecule has 1 atom stereocenters. The Hall–Kier alpha value is -1.37. The first-order valence-electron chi connectivity index (χ1n) is 5.31. The molecule has 0 spiro atoms. The quantitative estimate of drug-likeness (QED) is 0.792. The van der Waals surface area contributed by atoms with Crippen molar-refractivity contribution in [3.05, 3.63) is 40.5 Å². The number of benzene rings is 1. The van der Waals surface area contributed by atoms with Gasteiger partial charge in [0.25, 0.3) is 0 Å². The Bertz CT molecular complexity index is 679. The molecule has 4 N–H and O–H groups in total. The molecule has 2 aromatic rings. The Morgan fingerprint density at radius 1 is 1.44 bits per heavy atom. The molecular weight excluding hydrogens is 314 g/mol. The van der Waals surface area contributed by atoms with Crippen LogP contribution in [0.25, 0.3) is 10.1 Å². The van der Waals surface area contributed by atoms with E-state index in [9.17, 15) is 4.79 Å². The maximum Gasteiger partial charge on any atom is 0.229 e. The summed E-state index contributed by atoms with van der Waals surface area (Å²) in [5.41, 5.74) is 6.36. The number of hydrazine groups is 1. The second-order valence-electron chi connectivity index (χ2n) is 4.09. The molecule has 1 amide bonds. The predicted molar refractivity (Wildman–Crippen MR) is 77.3 cm³/mol. The van der Waals surface area contributed by atoms with Crippen LogP contribution in [0.5, 0.6) is 0 Å². The van der Waals surface area contributed by atoms with E-state index in [1.165, 1.54) is 5.01 Å². The van der Waals surface area contributed by atoms with E-state index in [2.05, 4.69) is 15.9 Å². The number of hydrogen-bond donors (Lipinski definition) is 2. The Kier molecular flexibility index (Phi) is 2.65.